The average Bonchev–Trinajstić information content (AvgIpc) is 2.50. The van der Waals surface area contributed by atoms with E-state index in [9.17, 15) is 9.59 Å². The minimum Gasteiger partial charge on any atom is -0.492 e. The van der Waals surface area contributed by atoms with Crippen LogP contribution >= 0.6 is 0 Å². The molecule has 0 radical (unpaired) electrons. The van der Waals surface area contributed by atoms with Crippen molar-refractivity contribution in [1.82, 2.24) is 4.98 Å². The first-order valence-corrected chi connectivity index (χ1v) is 6.89. The molecule has 0 bridgehead atoms. The Hall–Kier alpha value is -2.63. The molecule has 0 fully saturated rings. The predicted octanol–water partition coefficient (Wildman–Crippen LogP) is 2.16. The molecule has 1 heterocycles. The summed E-state index contributed by atoms with van der Waals surface area (Å²) < 4.78 is 10.5. The van der Waals surface area contributed by atoms with Gasteiger partial charge in [-0.15, -0.1) is 0 Å². The van der Waals surface area contributed by atoms with Crippen molar-refractivity contribution in [3.63, 3.8) is 0 Å². The van der Waals surface area contributed by atoms with E-state index in [1.165, 1.54) is 7.11 Å². The van der Waals surface area contributed by atoms with Crippen LogP contribution in [0.1, 0.15) is 34.7 Å². The zero-order valence-corrected chi connectivity index (χ0v) is 12.8. The van der Waals surface area contributed by atoms with Crippen LogP contribution < -0.4 is 10.5 Å². The molecule has 2 N–H and O–H groups in total. The lowest BCUT2D eigenvalue weighted by molar-refractivity contribution is 0.0589. The number of pyridine rings is 1. The highest BCUT2D eigenvalue weighted by Crippen LogP contribution is 2.31. The lowest BCUT2D eigenvalue weighted by atomic mass is 10.1. The standard InChI is InChI=1S/C16H18N2O4/c1-9(2)8-22-14-10-6-4-5-7-11(10)18-13(16(20)21-3)12(14)15(17)19/h4-7,9H,8H2,1-3H3,(H2,17,19). The number of benzene rings is 1. The van der Waals surface area contributed by atoms with Gasteiger partial charge in [0.05, 0.1) is 19.2 Å². The Morgan fingerprint density at radius 3 is 2.55 bits per heavy atom. The third-order valence-electron chi connectivity index (χ3n) is 3.03. The van der Waals surface area contributed by atoms with Gasteiger partial charge in [0.15, 0.2) is 5.69 Å². The third-order valence-corrected chi connectivity index (χ3v) is 3.03. The Balaban J connectivity index is 2.76. The number of hydrogen-bond acceptors (Lipinski definition) is 5. The highest BCUT2D eigenvalue weighted by Gasteiger charge is 2.25. The molecule has 0 atom stereocenters. The van der Waals surface area contributed by atoms with Gasteiger partial charge in [0.1, 0.15) is 11.3 Å². The van der Waals surface area contributed by atoms with Crippen LogP contribution in [0.3, 0.4) is 0 Å². The lowest BCUT2D eigenvalue weighted by Crippen LogP contribution is -2.21. The van der Waals surface area contributed by atoms with Gasteiger partial charge in [0.25, 0.3) is 5.91 Å². The molecule has 0 saturated heterocycles. The van der Waals surface area contributed by atoms with Gasteiger partial charge in [-0.2, -0.15) is 0 Å². The predicted molar refractivity (Wildman–Crippen MR) is 81.9 cm³/mol. The number of aromatic nitrogens is 1. The maximum atomic E-state index is 11.9. The second-order valence-corrected chi connectivity index (χ2v) is 5.24. The highest BCUT2D eigenvalue weighted by atomic mass is 16.5. The summed E-state index contributed by atoms with van der Waals surface area (Å²) in [4.78, 5) is 28.0. The zero-order valence-electron chi connectivity index (χ0n) is 12.8. The third kappa shape index (κ3) is 3.00. The summed E-state index contributed by atoms with van der Waals surface area (Å²) in [6, 6.07) is 7.08. The normalized spacial score (nSPS) is 10.7. The number of hydrogen-bond donors (Lipinski definition) is 1. The van der Waals surface area contributed by atoms with E-state index < -0.39 is 11.9 Å². The highest BCUT2D eigenvalue weighted by molar-refractivity contribution is 6.09. The molecule has 1 aromatic heterocycles. The number of nitrogens with two attached hydrogens (primary N) is 1. The smallest absolute Gasteiger partial charge is 0.357 e. The molecule has 2 aromatic rings. The molecule has 0 aliphatic heterocycles. The van der Waals surface area contributed by atoms with Crippen LogP contribution in [0.2, 0.25) is 0 Å². The summed E-state index contributed by atoms with van der Waals surface area (Å²) in [6.45, 7) is 4.35. The largest absolute Gasteiger partial charge is 0.492 e. The van der Waals surface area contributed by atoms with E-state index in [0.717, 1.165) is 0 Å². The molecular formula is C16H18N2O4. The van der Waals surface area contributed by atoms with Gasteiger partial charge in [-0.25, -0.2) is 9.78 Å². The molecule has 0 aliphatic carbocycles. The second-order valence-electron chi connectivity index (χ2n) is 5.24. The van der Waals surface area contributed by atoms with Crippen LogP contribution in [-0.4, -0.2) is 30.6 Å². The summed E-state index contributed by atoms with van der Waals surface area (Å²) in [5.74, 6) is -0.993. The number of rotatable bonds is 5. The van der Waals surface area contributed by atoms with E-state index in [1.54, 1.807) is 24.3 Å². The van der Waals surface area contributed by atoms with Crippen LogP contribution in [0.25, 0.3) is 10.9 Å². The molecule has 0 unspecified atom stereocenters. The number of primary amides is 1. The van der Waals surface area contributed by atoms with Crippen molar-refractivity contribution in [2.24, 2.45) is 11.7 Å². The van der Waals surface area contributed by atoms with Crippen LogP contribution in [-0.2, 0) is 4.74 Å². The van der Waals surface area contributed by atoms with E-state index in [0.29, 0.717) is 17.5 Å². The van der Waals surface area contributed by atoms with E-state index in [2.05, 4.69) is 4.98 Å². The maximum Gasteiger partial charge on any atom is 0.357 e. The number of amides is 1. The molecule has 6 heteroatoms. The topological polar surface area (TPSA) is 91.5 Å². The Bertz CT molecular complexity index is 725. The molecule has 0 spiro atoms. The molecule has 1 amide bonds. The first kappa shape index (κ1) is 15.8. The monoisotopic (exact) mass is 302 g/mol. The van der Waals surface area contributed by atoms with Crippen LogP contribution in [0.15, 0.2) is 24.3 Å². The maximum absolute atomic E-state index is 11.9. The number of nitrogens with zero attached hydrogens (tertiary/aromatic N) is 1. The number of methoxy groups -OCH3 is 1. The fourth-order valence-electron chi connectivity index (χ4n) is 2.05. The average molecular weight is 302 g/mol. The summed E-state index contributed by atoms with van der Waals surface area (Å²) in [6.07, 6.45) is 0. The van der Waals surface area contributed by atoms with Gasteiger partial charge >= 0.3 is 5.97 Å². The van der Waals surface area contributed by atoms with Crippen molar-refractivity contribution in [1.29, 1.82) is 0 Å². The number of carbonyl (C=O) groups is 2. The van der Waals surface area contributed by atoms with Gasteiger partial charge in [0.2, 0.25) is 0 Å². The Kier molecular flexibility index (Phi) is 4.60. The van der Waals surface area contributed by atoms with Gasteiger partial charge in [-0.1, -0.05) is 26.0 Å². The summed E-state index contributed by atoms with van der Waals surface area (Å²) in [5.41, 5.74) is 5.79. The van der Waals surface area contributed by atoms with Crippen molar-refractivity contribution < 1.29 is 19.1 Å². The number of esters is 1. The molecule has 1 aromatic carbocycles. The molecular weight excluding hydrogens is 284 g/mol. The van der Waals surface area contributed by atoms with Gasteiger partial charge in [-0.3, -0.25) is 4.79 Å². The van der Waals surface area contributed by atoms with E-state index >= 15 is 0 Å². The lowest BCUT2D eigenvalue weighted by Gasteiger charge is -2.16. The van der Waals surface area contributed by atoms with Crippen LogP contribution in [0.5, 0.6) is 5.75 Å². The van der Waals surface area contributed by atoms with E-state index in [4.69, 9.17) is 15.2 Å². The first-order chi connectivity index (χ1) is 10.5. The van der Waals surface area contributed by atoms with Gasteiger partial charge in [-0.05, 0) is 18.1 Å². The Morgan fingerprint density at radius 1 is 1.27 bits per heavy atom. The molecule has 2 rings (SSSR count). The van der Waals surface area contributed by atoms with Crippen molar-refractivity contribution in [3.05, 3.63) is 35.5 Å². The fourth-order valence-corrected chi connectivity index (χ4v) is 2.05. The second kappa shape index (κ2) is 6.43. The number of fused-ring (bicyclic) bond motifs is 1. The molecule has 6 nitrogen and oxygen atoms in total. The fraction of sp³-hybridized carbons (Fsp3) is 0.312. The van der Waals surface area contributed by atoms with E-state index in [1.807, 2.05) is 13.8 Å². The van der Waals surface area contributed by atoms with Crippen LogP contribution in [0.4, 0.5) is 0 Å². The molecule has 116 valence electrons. The van der Waals surface area contributed by atoms with Crippen molar-refractivity contribution in [3.8, 4) is 5.75 Å². The van der Waals surface area contributed by atoms with E-state index in [-0.39, 0.29) is 22.9 Å². The first-order valence-electron chi connectivity index (χ1n) is 6.89. The van der Waals surface area contributed by atoms with Crippen molar-refractivity contribution >= 4 is 22.8 Å². The quantitative estimate of drug-likeness (QED) is 0.854. The number of ether oxygens (including phenoxy) is 2. The SMILES string of the molecule is COC(=O)c1nc2ccccc2c(OCC(C)C)c1C(N)=O. The number of para-hydroxylation sites is 1. The van der Waals surface area contributed by atoms with Crippen molar-refractivity contribution in [2.75, 3.05) is 13.7 Å². The number of carbonyl (C=O) groups excluding carboxylic acids is 2. The summed E-state index contributed by atoms with van der Waals surface area (Å²) in [7, 11) is 1.22. The zero-order chi connectivity index (χ0) is 16.3. The molecule has 0 aliphatic rings. The summed E-state index contributed by atoms with van der Waals surface area (Å²) >= 11 is 0. The van der Waals surface area contributed by atoms with Gasteiger partial charge in [0, 0.05) is 5.39 Å². The van der Waals surface area contributed by atoms with Crippen LogP contribution in [0, 0.1) is 5.92 Å². The Labute approximate surface area is 128 Å². The van der Waals surface area contributed by atoms with Crippen molar-refractivity contribution in [2.45, 2.75) is 13.8 Å². The molecule has 0 saturated carbocycles. The summed E-state index contributed by atoms with van der Waals surface area (Å²) in [5, 5.41) is 0.629. The minimum absolute atomic E-state index is 0.0498. The molecule has 22 heavy (non-hydrogen) atoms. The minimum atomic E-state index is -0.780. The van der Waals surface area contributed by atoms with Gasteiger partial charge < -0.3 is 15.2 Å². The Morgan fingerprint density at radius 2 is 1.95 bits per heavy atom.